The minimum atomic E-state index is 1.01. The van der Waals surface area contributed by atoms with Crippen molar-refractivity contribution in [2.24, 2.45) is 9.98 Å². The maximum Gasteiger partial charge on any atom is 0.0786 e. The average molecular weight is 393 g/mol. The molecule has 0 saturated heterocycles. The standard InChI is InChI=1S/C26H20N2S/c1-2-10-21(11-3-1)27-17-22-14-15-23(29-22)18-28-26-24-12-6-4-8-19(24)16-20-9-5-7-13-25(20)26/h1-2,4-10,12-18H,3,11H2. The van der Waals surface area contributed by atoms with E-state index in [0.29, 0.717) is 0 Å². The Morgan fingerprint density at radius 3 is 2.07 bits per heavy atom. The van der Waals surface area contributed by atoms with Crippen molar-refractivity contribution in [1.82, 2.24) is 0 Å². The molecule has 0 unspecified atom stereocenters. The molecule has 3 aromatic carbocycles. The van der Waals surface area contributed by atoms with Gasteiger partial charge in [-0.05, 0) is 47.9 Å². The molecule has 1 aliphatic rings. The molecule has 5 rings (SSSR count). The topological polar surface area (TPSA) is 24.7 Å². The summed E-state index contributed by atoms with van der Waals surface area (Å²) in [6, 6.07) is 23.3. The Balaban J connectivity index is 1.48. The summed E-state index contributed by atoms with van der Waals surface area (Å²) in [5, 5.41) is 4.79. The van der Waals surface area contributed by atoms with E-state index in [-0.39, 0.29) is 0 Å². The number of hydrogen-bond acceptors (Lipinski definition) is 3. The van der Waals surface area contributed by atoms with Crippen molar-refractivity contribution in [2.45, 2.75) is 12.8 Å². The van der Waals surface area contributed by atoms with Crippen LogP contribution in [-0.2, 0) is 0 Å². The zero-order chi connectivity index (χ0) is 19.5. The van der Waals surface area contributed by atoms with E-state index < -0.39 is 0 Å². The fourth-order valence-corrected chi connectivity index (χ4v) is 4.36. The van der Waals surface area contributed by atoms with Gasteiger partial charge in [0.05, 0.1) is 5.69 Å². The van der Waals surface area contributed by atoms with Crippen molar-refractivity contribution in [1.29, 1.82) is 0 Å². The van der Waals surface area contributed by atoms with Crippen molar-refractivity contribution in [2.75, 3.05) is 0 Å². The third kappa shape index (κ3) is 3.82. The van der Waals surface area contributed by atoms with Crippen LogP contribution in [0.25, 0.3) is 21.5 Å². The van der Waals surface area contributed by atoms with E-state index in [2.05, 4.69) is 90.0 Å². The van der Waals surface area contributed by atoms with E-state index in [1.54, 1.807) is 11.3 Å². The summed E-state index contributed by atoms with van der Waals surface area (Å²) in [7, 11) is 0. The lowest BCUT2D eigenvalue weighted by Crippen LogP contribution is -1.84. The third-order valence-electron chi connectivity index (χ3n) is 5.06. The molecule has 1 heterocycles. The Bertz CT molecular complexity index is 1250. The molecule has 1 aliphatic carbocycles. The zero-order valence-electron chi connectivity index (χ0n) is 16.0. The summed E-state index contributed by atoms with van der Waals surface area (Å²) < 4.78 is 0. The fraction of sp³-hybridized carbons (Fsp3) is 0.0769. The van der Waals surface area contributed by atoms with Crippen LogP contribution < -0.4 is 0 Å². The van der Waals surface area contributed by atoms with Crippen LogP contribution in [0.4, 0.5) is 5.69 Å². The summed E-state index contributed by atoms with van der Waals surface area (Å²) in [6.07, 6.45) is 12.4. The van der Waals surface area contributed by atoms with E-state index in [1.165, 1.54) is 21.5 Å². The van der Waals surface area contributed by atoms with E-state index in [4.69, 9.17) is 4.99 Å². The molecule has 0 radical (unpaired) electrons. The number of fused-ring (bicyclic) bond motifs is 2. The Hall–Kier alpha value is -3.30. The number of allylic oxidation sites excluding steroid dienone is 4. The predicted molar refractivity (Wildman–Crippen MR) is 127 cm³/mol. The van der Waals surface area contributed by atoms with Crippen molar-refractivity contribution in [3.63, 3.8) is 0 Å². The number of rotatable bonds is 4. The lowest BCUT2D eigenvalue weighted by molar-refractivity contribution is 0.946. The molecule has 0 fully saturated rings. The molecular formula is C26H20N2S. The van der Waals surface area contributed by atoms with Crippen molar-refractivity contribution >= 4 is 51.0 Å². The maximum atomic E-state index is 4.92. The Kier molecular flexibility index (Phi) is 4.89. The van der Waals surface area contributed by atoms with Gasteiger partial charge in [-0.1, -0.05) is 60.7 Å². The van der Waals surface area contributed by atoms with Gasteiger partial charge >= 0.3 is 0 Å². The number of aliphatic imine (C=N–C) groups is 2. The van der Waals surface area contributed by atoms with Gasteiger partial charge < -0.3 is 0 Å². The largest absolute Gasteiger partial charge is 0.260 e. The number of benzene rings is 3. The van der Waals surface area contributed by atoms with Crippen LogP contribution in [0.3, 0.4) is 0 Å². The molecule has 4 aromatic rings. The molecule has 0 amide bonds. The van der Waals surface area contributed by atoms with Gasteiger partial charge in [0, 0.05) is 38.7 Å². The summed E-state index contributed by atoms with van der Waals surface area (Å²) in [6.45, 7) is 0. The first-order valence-corrected chi connectivity index (χ1v) is 10.6. The monoisotopic (exact) mass is 392 g/mol. The highest BCUT2D eigenvalue weighted by atomic mass is 32.1. The van der Waals surface area contributed by atoms with E-state index >= 15 is 0 Å². The smallest absolute Gasteiger partial charge is 0.0786 e. The van der Waals surface area contributed by atoms with Gasteiger partial charge in [-0.3, -0.25) is 9.98 Å². The first kappa shape index (κ1) is 17.8. The summed E-state index contributed by atoms with van der Waals surface area (Å²) in [5.41, 5.74) is 2.17. The van der Waals surface area contributed by atoms with Crippen LogP contribution in [0.5, 0.6) is 0 Å². The van der Waals surface area contributed by atoms with Gasteiger partial charge in [-0.2, -0.15) is 0 Å². The molecular weight excluding hydrogens is 372 g/mol. The first-order chi connectivity index (χ1) is 14.4. The maximum absolute atomic E-state index is 4.92. The minimum absolute atomic E-state index is 1.01. The molecule has 0 N–H and O–H groups in total. The molecule has 0 atom stereocenters. The summed E-state index contributed by atoms with van der Waals surface area (Å²) in [4.78, 5) is 11.8. The van der Waals surface area contributed by atoms with E-state index in [9.17, 15) is 0 Å². The molecule has 0 bridgehead atoms. The number of nitrogens with zero attached hydrogens (tertiary/aromatic N) is 2. The second-order valence-electron chi connectivity index (χ2n) is 7.05. The van der Waals surface area contributed by atoms with Crippen LogP contribution >= 0.6 is 11.3 Å². The highest BCUT2D eigenvalue weighted by Gasteiger charge is 2.06. The highest BCUT2D eigenvalue weighted by Crippen LogP contribution is 2.35. The van der Waals surface area contributed by atoms with Crippen molar-refractivity contribution < 1.29 is 0 Å². The normalized spacial score (nSPS) is 14.4. The Morgan fingerprint density at radius 1 is 0.759 bits per heavy atom. The minimum Gasteiger partial charge on any atom is -0.260 e. The Labute approximate surface area is 174 Å². The van der Waals surface area contributed by atoms with Crippen LogP contribution in [0.2, 0.25) is 0 Å². The van der Waals surface area contributed by atoms with Crippen molar-refractivity contribution in [3.8, 4) is 0 Å². The third-order valence-corrected chi connectivity index (χ3v) is 6.02. The molecule has 140 valence electrons. The number of hydrogen-bond donors (Lipinski definition) is 0. The quantitative estimate of drug-likeness (QED) is 0.254. The first-order valence-electron chi connectivity index (χ1n) is 9.81. The lowest BCUT2D eigenvalue weighted by atomic mass is 10.0. The van der Waals surface area contributed by atoms with Crippen LogP contribution in [0.15, 0.2) is 101 Å². The highest BCUT2D eigenvalue weighted by molar-refractivity contribution is 7.15. The van der Waals surface area contributed by atoms with Crippen LogP contribution in [-0.4, -0.2) is 12.4 Å². The molecule has 0 aliphatic heterocycles. The predicted octanol–water partition coefficient (Wildman–Crippen LogP) is 7.46. The van der Waals surface area contributed by atoms with Crippen LogP contribution in [0, 0.1) is 0 Å². The summed E-state index contributed by atoms with van der Waals surface area (Å²) in [5.74, 6) is 0. The molecule has 3 heteroatoms. The summed E-state index contributed by atoms with van der Waals surface area (Å²) >= 11 is 1.71. The molecule has 0 saturated carbocycles. The second-order valence-corrected chi connectivity index (χ2v) is 8.20. The molecule has 1 aromatic heterocycles. The molecule has 0 spiro atoms. The van der Waals surface area contributed by atoms with Gasteiger partial charge in [0.25, 0.3) is 0 Å². The van der Waals surface area contributed by atoms with Crippen LogP contribution in [0.1, 0.15) is 22.6 Å². The molecule has 2 nitrogen and oxygen atoms in total. The van der Waals surface area contributed by atoms with Gasteiger partial charge in [-0.15, -0.1) is 11.3 Å². The van der Waals surface area contributed by atoms with Gasteiger partial charge in [0.1, 0.15) is 0 Å². The fourth-order valence-electron chi connectivity index (χ4n) is 3.61. The van der Waals surface area contributed by atoms with Crippen molar-refractivity contribution in [3.05, 3.63) is 100 Å². The van der Waals surface area contributed by atoms with E-state index in [0.717, 1.165) is 34.0 Å². The average Bonchev–Trinajstić information content (AvgIpc) is 3.24. The second kappa shape index (κ2) is 7.98. The van der Waals surface area contributed by atoms with Gasteiger partial charge in [0.2, 0.25) is 0 Å². The SMILES string of the molecule is C1=CCCC(N=Cc2ccc(C=Nc3c4ccccc4cc4ccccc34)s2)=C1. The lowest BCUT2D eigenvalue weighted by Gasteiger charge is -2.07. The molecule has 29 heavy (non-hydrogen) atoms. The van der Waals surface area contributed by atoms with Gasteiger partial charge in [0.15, 0.2) is 0 Å². The van der Waals surface area contributed by atoms with Gasteiger partial charge in [-0.25, -0.2) is 0 Å². The Morgan fingerprint density at radius 2 is 1.41 bits per heavy atom. The number of thiophene rings is 1. The zero-order valence-corrected chi connectivity index (χ0v) is 16.8. The van der Waals surface area contributed by atoms with E-state index in [1.807, 2.05) is 12.4 Å².